The Hall–Kier alpha value is -3.99. The minimum atomic E-state index is -0.569. The molecule has 2 heterocycles. The van der Waals surface area contributed by atoms with E-state index in [0.29, 0.717) is 33.9 Å². The molecule has 26 heavy (non-hydrogen) atoms. The van der Waals surface area contributed by atoms with Crippen LogP contribution in [0.25, 0.3) is 11.0 Å². The number of anilines is 2. The van der Waals surface area contributed by atoms with E-state index in [1.165, 1.54) is 18.5 Å². The van der Waals surface area contributed by atoms with Crippen molar-refractivity contribution in [3.8, 4) is 17.6 Å². The third-order valence-corrected chi connectivity index (χ3v) is 3.67. The van der Waals surface area contributed by atoms with Crippen LogP contribution >= 0.6 is 0 Å². The zero-order valence-electron chi connectivity index (χ0n) is 13.3. The lowest BCUT2D eigenvalue weighted by Crippen LogP contribution is -1.97. The van der Waals surface area contributed by atoms with E-state index in [9.17, 15) is 4.39 Å². The highest BCUT2D eigenvalue weighted by Gasteiger charge is 2.11. The fourth-order valence-corrected chi connectivity index (χ4v) is 2.43. The third kappa shape index (κ3) is 2.89. The molecule has 0 aliphatic rings. The number of H-pyrrole nitrogens is 1. The van der Waals surface area contributed by atoms with Gasteiger partial charge >= 0.3 is 0 Å². The van der Waals surface area contributed by atoms with Gasteiger partial charge in [-0.25, -0.2) is 14.4 Å². The molecule has 0 spiro atoms. The number of aromatic nitrogens is 4. The topological polar surface area (TPSA) is 99.5 Å². The molecule has 4 aromatic rings. The van der Waals surface area contributed by atoms with Crippen LogP contribution in [0.1, 0.15) is 5.56 Å². The number of nitrogens with one attached hydrogen (secondary N) is 2. The number of nitriles is 1. The van der Waals surface area contributed by atoms with Gasteiger partial charge in [-0.15, -0.1) is 0 Å². The first-order valence-electron chi connectivity index (χ1n) is 7.62. The summed E-state index contributed by atoms with van der Waals surface area (Å²) in [7, 11) is 0. The molecule has 2 N–H and O–H groups in total. The summed E-state index contributed by atoms with van der Waals surface area (Å²) in [5.41, 5.74) is 1.40. The van der Waals surface area contributed by atoms with Gasteiger partial charge in [0.2, 0.25) is 0 Å². The fourth-order valence-electron chi connectivity index (χ4n) is 2.43. The molecule has 0 radical (unpaired) electrons. The Morgan fingerprint density at radius 2 is 2.00 bits per heavy atom. The van der Waals surface area contributed by atoms with E-state index in [4.69, 9.17) is 10.00 Å². The summed E-state index contributed by atoms with van der Waals surface area (Å²) in [6, 6.07) is 13.1. The molecule has 0 fully saturated rings. The van der Waals surface area contributed by atoms with Gasteiger partial charge in [0.15, 0.2) is 17.2 Å². The van der Waals surface area contributed by atoms with Crippen LogP contribution < -0.4 is 10.1 Å². The van der Waals surface area contributed by atoms with Crippen LogP contribution in [-0.4, -0.2) is 20.2 Å². The number of rotatable bonds is 4. The van der Waals surface area contributed by atoms with Crippen molar-refractivity contribution in [1.29, 1.82) is 5.26 Å². The summed E-state index contributed by atoms with van der Waals surface area (Å²) >= 11 is 0. The number of para-hydroxylation sites is 1. The highest BCUT2D eigenvalue weighted by molar-refractivity contribution is 5.87. The van der Waals surface area contributed by atoms with E-state index in [2.05, 4.69) is 25.5 Å². The van der Waals surface area contributed by atoms with Crippen molar-refractivity contribution in [2.75, 3.05) is 5.32 Å². The van der Waals surface area contributed by atoms with Gasteiger partial charge in [0.25, 0.3) is 0 Å². The summed E-state index contributed by atoms with van der Waals surface area (Å²) in [5.74, 6) is 0.256. The van der Waals surface area contributed by atoms with Crippen LogP contribution in [0.5, 0.6) is 11.5 Å². The Morgan fingerprint density at radius 1 is 1.12 bits per heavy atom. The molecule has 2 aromatic carbocycles. The van der Waals surface area contributed by atoms with Gasteiger partial charge in [-0.05, 0) is 24.3 Å². The first kappa shape index (κ1) is 15.5. The quantitative estimate of drug-likeness (QED) is 0.581. The average Bonchev–Trinajstić information content (AvgIpc) is 3.14. The molecule has 0 amide bonds. The maximum Gasteiger partial charge on any atom is 0.167 e. The Morgan fingerprint density at radius 3 is 2.85 bits per heavy atom. The Bertz CT molecular complexity index is 1130. The van der Waals surface area contributed by atoms with Crippen molar-refractivity contribution >= 4 is 22.5 Å². The molecule has 0 atom stereocenters. The second-order valence-corrected chi connectivity index (χ2v) is 5.33. The van der Waals surface area contributed by atoms with Crippen molar-refractivity contribution in [3.05, 3.63) is 66.4 Å². The van der Waals surface area contributed by atoms with Crippen molar-refractivity contribution < 1.29 is 9.13 Å². The lowest BCUT2D eigenvalue weighted by Gasteiger charge is -2.10. The predicted octanol–water partition coefficient (Wildman–Crippen LogP) is 3.90. The van der Waals surface area contributed by atoms with Crippen molar-refractivity contribution in [2.24, 2.45) is 0 Å². The molecule has 0 unspecified atom stereocenters. The number of hydrogen-bond acceptors (Lipinski definition) is 6. The van der Waals surface area contributed by atoms with Gasteiger partial charge < -0.3 is 10.1 Å². The maximum absolute atomic E-state index is 14.4. The molecule has 0 saturated carbocycles. The molecular weight excluding hydrogens is 335 g/mol. The largest absolute Gasteiger partial charge is 0.453 e. The molecule has 7 nitrogen and oxygen atoms in total. The second kappa shape index (κ2) is 6.49. The SMILES string of the molecule is N#Cc1ccccc1Oc1ccc(Nc2ncnc3[nH]ncc23)cc1F. The van der Waals surface area contributed by atoms with Crippen molar-refractivity contribution in [1.82, 2.24) is 20.2 Å². The minimum absolute atomic E-state index is 0.0226. The number of hydrogen-bond donors (Lipinski definition) is 2. The first-order valence-corrected chi connectivity index (χ1v) is 7.62. The number of halogens is 1. The summed E-state index contributed by atoms with van der Waals surface area (Å²) in [4.78, 5) is 8.19. The van der Waals surface area contributed by atoms with E-state index in [-0.39, 0.29) is 5.75 Å². The van der Waals surface area contributed by atoms with Gasteiger partial charge in [-0.1, -0.05) is 12.1 Å². The van der Waals surface area contributed by atoms with Gasteiger partial charge in [0, 0.05) is 11.8 Å². The number of nitrogens with zero attached hydrogens (tertiary/aromatic N) is 4. The average molecular weight is 346 g/mol. The molecule has 8 heteroatoms. The molecule has 0 aliphatic heterocycles. The van der Waals surface area contributed by atoms with E-state index in [1.54, 1.807) is 36.5 Å². The zero-order chi connectivity index (χ0) is 17.9. The molecule has 2 aromatic heterocycles. The summed E-state index contributed by atoms with van der Waals surface area (Å²) in [5, 5.41) is 19.5. The predicted molar refractivity (Wildman–Crippen MR) is 92.6 cm³/mol. The van der Waals surface area contributed by atoms with Crippen LogP contribution in [0, 0.1) is 17.1 Å². The molecule has 4 rings (SSSR count). The van der Waals surface area contributed by atoms with Gasteiger partial charge in [-0.3, -0.25) is 5.10 Å². The van der Waals surface area contributed by atoms with E-state index in [0.717, 1.165) is 0 Å². The highest BCUT2D eigenvalue weighted by Crippen LogP contribution is 2.30. The van der Waals surface area contributed by atoms with Gasteiger partial charge in [0.05, 0.1) is 17.1 Å². The lowest BCUT2D eigenvalue weighted by atomic mass is 10.2. The van der Waals surface area contributed by atoms with Crippen LogP contribution in [0.2, 0.25) is 0 Å². The smallest absolute Gasteiger partial charge is 0.167 e. The van der Waals surface area contributed by atoms with E-state index >= 15 is 0 Å². The third-order valence-electron chi connectivity index (χ3n) is 3.67. The number of fused-ring (bicyclic) bond motifs is 1. The summed E-state index contributed by atoms with van der Waals surface area (Å²) in [6.45, 7) is 0. The van der Waals surface area contributed by atoms with Crippen LogP contribution in [0.4, 0.5) is 15.9 Å². The van der Waals surface area contributed by atoms with Crippen LogP contribution in [0.3, 0.4) is 0 Å². The van der Waals surface area contributed by atoms with Crippen LogP contribution in [0.15, 0.2) is 55.0 Å². The van der Waals surface area contributed by atoms with E-state index in [1.807, 2.05) is 6.07 Å². The number of aromatic amines is 1. The second-order valence-electron chi connectivity index (χ2n) is 5.33. The van der Waals surface area contributed by atoms with Crippen molar-refractivity contribution in [3.63, 3.8) is 0 Å². The summed E-state index contributed by atoms with van der Waals surface area (Å²) in [6.07, 6.45) is 2.97. The van der Waals surface area contributed by atoms with E-state index < -0.39 is 5.82 Å². The standard InChI is InChI=1S/C18H11FN6O/c19-14-7-12(24-17-13-9-23-25-18(13)22-10-21-17)5-6-16(14)26-15-4-2-1-3-11(15)8-20/h1-7,9-10H,(H2,21,22,23,24,25). The minimum Gasteiger partial charge on any atom is -0.453 e. The van der Waals surface area contributed by atoms with Gasteiger partial charge in [-0.2, -0.15) is 10.4 Å². The van der Waals surface area contributed by atoms with Crippen molar-refractivity contribution in [2.45, 2.75) is 0 Å². The molecule has 0 aliphatic carbocycles. The lowest BCUT2D eigenvalue weighted by molar-refractivity contribution is 0.441. The molecule has 126 valence electrons. The zero-order valence-corrected chi connectivity index (χ0v) is 13.3. The Balaban J connectivity index is 1.60. The maximum atomic E-state index is 14.4. The number of benzene rings is 2. The molecule has 0 bridgehead atoms. The normalized spacial score (nSPS) is 10.5. The monoisotopic (exact) mass is 346 g/mol. The molecule has 0 saturated heterocycles. The summed E-state index contributed by atoms with van der Waals surface area (Å²) < 4.78 is 20.0. The fraction of sp³-hybridized carbons (Fsp3) is 0. The highest BCUT2D eigenvalue weighted by atomic mass is 19.1. The molecular formula is C18H11FN6O. The number of ether oxygens (including phenoxy) is 1. The van der Waals surface area contributed by atoms with Gasteiger partial charge in [0.1, 0.15) is 24.0 Å². The Kier molecular flexibility index (Phi) is 3.88. The first-order chi connectivity index (χ1) is 12.7. The van der Waals surface area contributed by atoms with Crippen LogP contribution in [-0.2, 0) is 0 Å². The Labute approximate surface area is 147 Å².